The van der Waals surface area contributed by atoms with Gasteiger partial charge in [0, 0.05) is 12.1 Å². The second kappa shape index (κ2) is 6.26. The fourth-order valence-electron chi connectivity index (χ4n) is 1.65. The molecular weight excluding hydrogens is 200 g/mol. The standard InChI is InChI=1S/C13H20N2O/c1-4-5-6-7-13(16)15-12-9-10(2)8-11(3)14-12/h8-9H,4-7H2,1-3H3,(H,14,15,16). The molecule has 0 bridgehead atoms. The monoisotopic (exact) mass is 220 g/mol. The first-order chi connectivity index (χ1) is 7.61. The van der Waals surface area contributed by atoms with Crippen molar-refractivity contribution >= 4 is 11.7 Å². The van der Waals surface area contributed by atoms with E-state index in [1.165, 1.54) is 0 Å². The van der Waals surface area contributed by atoms with Crippen molar-refractivity contribution in [2.24, 2.45) is 0 Å². The number of aromatic nitrogens is 1. The number of anilines is 1. The van der Waals surface area contributed by atoms with E-state index in [1.807, 2.05) is 26.0 Å². The molecule has 1 aromatic rings. The maximum atomic E-state index is 11.6. The van der Waals surface area contributed by atoms with Gasteiger partial charge in [0.2, 0.25) is 5.91 Å². The molecule has 0 saturated heterocycles. The number of hydrogen-bond acceptors (Lipinski definition) is 2. The van der Waals surface area contributed by atoms with E-state index >= 15 is 0 Å². The van der Waals surface area contributed by atoms with Crippen LogP contribution in [0.5, 0.6) is 0 Å². The predicted molar refractivity (Wildman–Crippen MR) is 66.5 cm³/mol. The molecule has 0 spiro atoms. The van der Waals surface area contributed by atoms with Gasteiger partial charge in [0.1, 0.15) is 5.82 Å². The van der Waals surface area contributed by atoms with Crippen molar-refractivity contribution in [2.75, 3.05) is 5.32 Å². The van der Waals surface area contributed by atoms with Crippen LogP contribution in [0.2, 0.25) is 0 Å². The Morgan fingerprint density at radius 1 is 1.31 bits per heavy atom. The van der Waals surface area contributed by atoms with Crippen molar-refractivity contribution in [3.63, 3.8) is 0 Å². The van der Waals surface area contributed by atoms with E-state index in [0.717, 1.165) is 30.5 Å². The summed E-state index contributed by atoms with van der Waals surface area (Å²) in [6.45, 7) is 6.06. The molecule has 0 aliphatic heterocycles. The first kappa shape index (κ1) is 12.7. The number of carbonyl (C=O) groups excluding carboxylic acids is 1. The SMILES string of the molecule is CCCCCC(=O)Nc1cc(C)cc(C)n1. The first-order valence-corrected chi connectivity index (χ1v) is 5.87. The van der Waals surface area contributed by atoms with Crippen LogP contribution in [-0.4, -0.2) is 10.9 Å². The highest BCUT2D eigenvalue weighted by molar-refractivity contribution is 5.89. The summed E-state index contributed by atoms with van der Waals surface area (Å²) in [7, 11) is 0. The highest BCUT2D eigenvalue weighted by atomic mass is 16.1. The molecule has 0 radical (unpaired) electrons. The number of amides is 1. The van der Waals surface area contributed by atoms with Gasteiger partial charge in [-0.1, -0.05) is 19.8 Å². The van der Waals surface area contributed by atoms with E-state index in [1.54, 1.807) is 0 Å². The van der Waals surface area contributed by atoms with Crippen LogP contribution in [0, 0.1) is 13.8 Å². The van der Waals surface area contributed by atoms with Gasteiger partial charge >= 0.3 is 0 Å². The van der Waals surface area contributed by atoms with Crippen molar-refractivity contribution in [2.45, 2.75) is 46.5 Å². The van der Waals surface area contributed by atoms with E-state index in [9.17, 15) is 4.79 Å². The number of rotatable bonds is 5. The van der Waals surface area contributed by atoms with E-state index < -0.39 is 0 Å². The Balaban J connectivity index is 2.49. The zero-order valence-corrected chi connectivity index (χ0v) is 10.3. The molecule has 1 heterocycles. The van der Waals surface area contributed by atoms with Crippen molar-refractivity contribution in [3.05, 3.63) is 23.4 Å². The molecular formula is C13H20N2O. The van der Waals surface area contributed by atoms with Crippen LogP contribution in [0.1, 0.15) is 43.9 Å². The molecule has 0 aromatic carbocycles. The van der Waals surface area contributed by atoms with Crippen LogP contribution in [-0.2, 0) is 4.79 Å². The van der Waals surface area contributed by atoms with E-state index in [-0.39, 0.29) is 5.91 Å². The smallest absolute Gasteiger partial charge is 0.225 e. The van der Waals surface area contributed by atoms with Gasteiger partial charge in [-0.2, -0.15) is 0 Å². The molecule has 0 aliphatic rings. The topological polar surface area (TPSA) is 42.0 Å². The third kappa shape index (κ3) is 4.43. The summed E-state index contributed by atoms with van der Waals surface area (Å²) in [4.78, 5) is 15.8. The maximum absolute atomic E-state index is 11.6. The Labute approximate surface area is 97.3 Å². The number of carbonyl (C=O) groups is 1. The van der Waals surface area contributed by atoms with E-state index in [4.69, 9.17) is 0 Å². The average molecular weight is 220 g/mol. The molecule has 1 amide bonds. The molecule has 1 rings (SSSR count). The average Bonchev–Trinajstić information content (AvgIpc) is 2.16. The Kier molecular flexibility index (Phi) is 4.96. The van der Waals surface area contributed by atoms with Crippen LogP contribution in [0.25, 0.3) is 0 Å². The lowest BCUT2D eigenvalue weighted by Crippen LogP contribution is -2.12. The fraction of sp³-hybridized carbons (Fsp3) is 0.538. The van der Waals surface area contributed by atoms with Gasteiger partial charge in [-0.05, 0) is 38.0 Å². The minimum absolute atomic E-state index is 0.0611. The fourth-order valence-corrected chi connectivity index (χ4v) is 1.65. The maximum Gasteiger partial charge on any atom is 0.225 e. The lowest BCUT2D eigenvalue weighted by molar-refractivity contribution is -0.116. The number of pyridine rings is 1. The summed E-state index contributed by atoms with van der Waals surface area (Å²) in [5, 5.41) is 2.83. The Hall–Kier alpha value is -1.38. The molecule has 3 nitrogen and oxygen atoms in total. The van der Waals surface area contributed by atoms with Crippen molar-refractivity contribution in [1.82, 2.24) is 4.98 Å². The van der Waals surface area contributed by atoms with Gasteiger partial charge in [0.25, 0.3) is 0 Å². The van der Waals surface area contributed by atoms with Crippen molar-refractivity contribution in [1.29, 1.82) is 0 Å². The number of aryl methyl sites for hydroxylation is 2. The molecule has 0 fully saturated rings. The number of hydrogen-bond donors (Lipinski definition) is 1. The second-order valence-electron chi connectivity index (χ2n) is 4.18. The summed E-state index contributed by atoms with van der Waals surface area (Å²) in [6.07, 6.45) is 3.78. The zero-order valence-electron chi connectivity index (χ0n) is 10.3. The van der Waals surface area contributed by atoms with E-state index in [0.29, 0.717) is 12.2 Å². The minimum atomic E-state index is 0.0611. The van der Waals surface area contributed by atoms with Gasteiger partial charge in [0.05, 0.1) is 0 Å². The number of unbranched alkanes of at least 4 members (excludes halogenated alkanes) is 2. The highest BCUT2D eigenvalue weighted by Crippen LogP contribution is 2.10. The third-order valence-electron chi connectivity index (χ3n) is 2.37. The Morgan fingerprint density at radius 3 is 2.69 bits per heavy atom. The summed E-state index contributed by atoms with van der Waals surface area (Å²) < 4.78 is 0. The molecule has 3 heteroatoms. The van der Waals surface area contributed by atoms with Crippen molar-refractivity contribution in [3.8, 4) is 0 Å². The molecule has 0 aliphatic carbocycles. The molecule has 1 aromatic heterocycles. The summed E-state index contributed by atoms with van der Waals surface area (Å²) in [5.74, 6) is 0.727. The van der Waals surface area contributed by atoms with Crippen LogP contribution in [0.15, 0.2) is 12.1 Å². The van der Waals surface area contributed by atoms with Crippen molar-refractivity contribution < 1.29 is 4.79 Å². The molecule has 0 saturated carbocycles. The van der Waals surface area contributed by atoms with Gasteiger partial charge in [-0.25, -0.2) is 4.98 Å². The number of nitrogens with zero attached hydrogens (tertiary/aromatic N) is 1. The van der Waals surface area contributed by atoms with Crippen LogP contribution in [0.4, 0.5) is 5.82 Å². The quantitative estimate of drug-likeness (QED) is 0.774. The summed E-state index contributed by atoms with van der Waals surface area (Å²) >= 11 is 0. The lowest BCUT2D eigenvalue weighted by atomic mass is 10.2. The summed E-state index contributed by atoms with van der Waals surface area (Å²) in [5.41, 5.74) is 2.06. The van der Waals surface area contributed by atoms with Gasteiger partial charge in [-0.15, -0.1) is 0 Å². The predicted octanol–water partition coefficient (Wildman–Crippen LogP) is 3.22. The highest BCUT2D eigenvalue weighted by Gasteiger charge is 2.03. The lowest BCUT2D eigenvalue weighted by Gasteiger charge is -2.06. The Morgan fingerprint density at radius 2 is 2.06 bits per heavy atom. The molecule has 88 valence electrons. The van der Waals surface area contributed by atoms with Crippen LogP contribution < -0.4 is 5.32 Å². The largest absolute Gasteiger partial charge is 0.311 e. The molecule has 0 unspecified atom stereocenters. The minimum Gasteiger partial charge on any atom is -0.311 e. The Bertz CT molecular complexity index is 341. The zero-order chi connectivity index (χ0) is 12.0. The van der Waals surface area contributed by atoms with Crippen LogP contribution in [0.3, 0.4) is 0 Å². The third-order valence-corrected chi connectivity index (χ3v) is 2.37. The van der Waals surface area contributed by atoms with Gasteiger partial charge < -0.3 is 5.32 Å². The van der Waals surface area contributed by atoms with E-state index in [2.05, 4.69) is 17.2 Å². The first-order valence-electron chi connectivity index (χ1n) is 5.87. The normalized spacial score (nSPS) is 10.2. The molecule has 16 heavy (non-hydrogen) atoms. The second-order valence-corrected chi connectivity index (χ2v) is 4.18. The molecule has 1 N–H and O–H groups in total. The van der Waals surface area contributed by atoms with Gasteiger partial charge in [0.15, 0.2) is 0 Å². The number of nitrogens with one attached hydrogen (secondary N) is 1. The molecule has 0 atom stereocenters. The van der Waals surface area contributed by atoms with Crippen LogP contribution >= 0.6 is 0 Å². The van der Waals surface area contributed by atoms with Gasteiger partial charge in [-0.3, -0.25) is 4.79 Å². The summed E-state index contributed by atoms with van der Waals surface area (Å²) in [6, 6.07) is 3.89.